The summed E-state index contributed by atoms with van der Waals surface area (Å²) in [6, 6.07) is 3.75. The summed E-state index contributed by atoms with van der Waals surface area (Å²) in [6.45, 7) is 4.03. The molecule has 1 aromatic rings. The Kier molecular flexibility index (Phi) is 5.40. The molecule has 0 unspecified atom stereocenters. The van der Waals surface area contributed by atoms with Crippen LogP contribution in [0.25, 0.3) is 0 Å². The maximum atomic E-state index is 12.7. The highest BCUT2D eigenvalue weighted by Gasteiger charge is 2.33. The molecule has 1 aromatic carbocycles. The Morgan fingerprint density at radius 1 is 1.39 bits per heavy atom. The molecule has 100 valence electrons. The first kappa shape index (κ1) is 14.8. The van der Waals surface area contributed by atoms with Crippen LogP contribution in [-0.2, 0) is 6.18 Å². The van der Waals surface area contributed by atoms with Crippen LogP contribution in [0.3, 0.4) is 0 Å². The van der Waals surface area contributed by atoms with Crippen molar-refractivity contribution >= 4 is 23.1 Å². The van der Waals surface area contributed by atoms with Crippen molar-refractivity contribution in [3.63, 3.8) is 0 Å². The second-order valence-electron chi connectivity index (χ2n) is 3.59. The number of alkyl halides is 3. The van der Waals surface area contributed by atoms with Crippen molar-refractivity contribution in [2.75, 3.05) is 29.1 Å². The van der Waals surface area contributed by atoms with E-state index >= 15 is 0 Å². The van der Waals surface area contributed by atoms with E-state index in [2.05, 4.69) is 11.9 Å². The highest BCUT2D eigenvalue weighted by atomic mass is 32.2. The Labute approximate surface area is 108 Å². The van der Waals surface area contributed by atoms with Crippen molar-refractivity contribution < 1.29 is 13.2 Å². The Morgan fingerprint density at radius 2 is 2.11 bits per heavy atom. The summed E-state index contributed by atoms with van der Waals surface area (Å²) >= 11 is 1.60. The molecule has 0 fully saturated rings. The number of nitrogens with one attached hydrogen (secondary N) is 1. The van der Waals surface area contributed by atoms with Crippen molar-refractivity contribution in [1.29, 1.82) is 0 Å². The number of benzene rings is 1. The lowest BCUT2D eigenvalue weighted by molar-refractivity contribution is -0.136. The monoisotopic (exact) mass is 276 g/mol. The smallest absolute Gasteiger partial charge is 0.399 e. The summed E-state index contributed by atoms with van der Waals surface area (Å²) in [6.07, 6.45) is -2.64. The largest absolute Gasteiger partial charge is 0.418 e. The molecule has 0 atom stereocenters. The van der Waals surface area contributed by atoms with Crippen LogP contribution in [0, 0.1) is 0 Å². The van der Waals surface area contributed by atoms with Gasteiger partial charge in [-0.1, -0.05) is 6.08 Å². The zero-order valence-corrected chi connectivity index (χ0v) is 10.6. The number of hydrogen-bond donors (Lipinski definition) is 2. The number of hydrogen-bond acceptors (Lipinski definition) is 3. The fraction of sp³-hybridized carbons (Fsp3) is 0.333. The van der Waals surface area contributed by atoms with Crippen LogP contribution in [0.15, 0.2) is 30.9 Å². The maximum Gasteiger partial charge on any atom is 0.418 e. The molecular formula is C12H15F3N2S. The van der Waals surface area contributed by atoms with E-state index in [1.165, 1.54) is 12.1 Å². The van der Waals surface area contributed by atoms with E-state index in [1.54, 1.807) is 17.8 Å². The van der Waals surface area contributed by atoms with E-state index < -0.39 is 11.7 Å². The molecule has 0 aromatic heterocycles. The van der Waals surface area contributed by atoms with Gasteiger partial charge < -0.3 is 11.1 Å². The van der Waals surface area contributed by atoms with E-state index in [1.807, 2.05) is 0 Å². The maximum absolute atomic E-state index is 12.7. The third kappa shape index (κ3) is 4.52. The Morgan fingerprint density at radius 3 is 2.72 bits per heavy atom. The molecule has 0 aliphatic carbocycles. The second kappa shape index (κ2) is 6.58. The fourth-order valence-corrected chi connectivity index (χ4v) is 1.95. The van der Waals surface area contributed by atoms with Crippen molar-refractivity contribution in [1.82, 2.24) is 0 Å². The van der Waals surface area contributed by atoms with Crippen LogP contribution in [0.5, 0.6) is 0 Å². The second-order valence-corrected chi connectivity index (χ2v) is 4.74. The molecule has 0 saturated carbocycles. The number of anilines is 2. The average Bonchev–Trinajstić information content (AvgIpc) is 2.29. The van der Waals surface area contributed by atoms with Gasteiger partial charge in [0.2, 0.25) is 0 Å². The zero-order valence-electron chi connectivity index (χ0n) is 9.76. The van der Waals surface area contributed by atoms with E-state index in [9.17, 15) is 13.2 Å². The standard InChI is InChI=1S/C12H15F3N2S/c1-2-6-18-7-5-17-11-4-3-9(16)8-10(11)12(13,14)15/h2-4,8,17H,1,5-7,16H2. The van der Waals surface area contributed by atoms with Gasteiger partial charge in [0.1, 0.15) is 0 Å². The summed E-state index contributed by atoms with van der Waals surface area (Å²) < 4.78 is 38.2. The Bertz CT molecular complexity index is 405. The van der Waals surface area contributed by atoms with Gasteiger partial charge in [-0.3, -0.25) is 0 Å². The molecule has 0 saturated heterocycles. The van der Waals surface area contributed by atoms with Gasteiger partial charge in [-0.2, -0.15) is 24.9 Å². The summed E-state index contributed by atoms with van der Waals surface area (Å²) in [7, 11) is 0. The van der Waals surface area contributed by atoms with E-state index in [0.29, 0.717) is 12.3 Å². The lowest BCUT2D eigenvalue weighted by Crippen LogP contribution is -2.13. The molecular weight excluding hydrogens is 261 g/mol. The topological polar surface area (TPSA) is 38.0 Å². The lowest BCUT2D eigenvalue weighted by atomic mass is 10.1. The van der Waals surface area contributed by atoms with E-state index in [4.69, 9.17) is 5.73 Å². The lowest BCUT2D eigenvalue weighted by Gasteiger charge is -2.15. The van der Waals surface area contributed by atoms with Gasteiger partial charge in [0.25, 0.3) is 0 Å². The van der Waals surface area contributed by atoms with Crippen LogP contribution in [0.4, 0.5) is 24.5 Å². The number of nitrogens with two attached hydrogens (primary N) is 1. The molecule has 0 heterocycles. The highest BCUT2D eigenvalue weighted by molar-refractivity contribution is 7.99. The van der Waals surface area contributed by atoms with Crippen LogP contribution in [0.1, 0.15) is 5.56 Å². The van der Waals surface area contributed by atoms with E-state index in [-0.39, 0.29) is 11.4 Å². The number of halogens is 3. The highest BCUT2D eigenvalue weighted by Crippen LogP contribution is 2.35. The van der Waals surface area contributed by atoms with Gasteiger partial charge in [-0.25, -0.2) is 0 Å². The molecule has 0 aliphatic heterocycles. The molecule has 0 aliphatic rings. The predicted octanol–water partition coefficient (Wildman–Crippen LogP) is 3.62. The first-order chi connectivity index (χ1) is 8.45. The Balaban J connectivity index is 2.67. The first-order valence-corrected chi connectivity index (χ1v) is 6.50. The first-order valence-electron chi connectivity index (χ1n) is 5.34. The van der Waals surface area contributed by atoms with Crippen LogP contribution in [-0.4, -0.2) is 18.1 Å². The minimum Gasteiger partial charge on any atom is -0.399 e. The SMILES string of the molecule is C=CCSCCNc1ccc(N)cc1C(F)(F)F. The van der Waals surface area contributed by atoms with Gasteiger partial charge in [0.05, 0.1) is 5.56 Å². The molecule has 6 heteroatoms. The van der Waals surface area contributed by atoms with Gasteiger partial charge in [0, 0.05) is 29.4 Å². The summed E-state index contributed by atoms with van der Waals surface area (Å²) in [5.41, 5.74) is 4.82. The average molecular weight is 276 g/mol. The molecule has 18 heavy (non-hydrogen) atoms. The van der Waals surface area contributed by atoms with Gasteiger partial charge in [0.15, 0.2) is 0 Å². The fourth-order valence-electron chi connectivity index (χ4n) is 1.38. The molecule has 0 bridgehead atoms. The molecule has 3 N–H and O–H groups in total. The van der Waals surface area contributed by atoms with Gasteiger partial charge in [-0.05, 0) is 18.2 Å². The third-order valence-electron chi connectivity index (χ3n) is 2.15. The van der Waals surface area contributed by atoms with Crippen LogP contribution >= 0.6 is 11.8 Å². The van der Waals surface area contributed by atoms with Gasteiger partial charge >= 0.3 is 6.18 Å². The number of rotatable bonds is 6. The molecule has 0 amide bonds. The predicted molar refractivity (Wildman–Crippen MR) is 71.9 cm³/mol. The number of thioether (sulfide) groups is 1. The zero-order chi connectivity index (χ0) is 13.6. The molecule has 1 rings (SSSR count). The summed E-state index contributed by atoms with van der Waals surface area (Å²) in [5.74, 6) is 1.50. The van der Waals surface area contributed by atoms with E-state index in [0.717, 1.165) is 11.8 Å². The van der Waals surface area contributed by atoms with Crippen molar-refractivity contribution in [3.8, 4) is 0 Å². The summed E-state index contributed by atoms with van der Waals surface area (Å²) in [5, 5.41) is 2.78. The number of nitrogen functional groups attached to an aromatic ring is 1. The van der Waals surface area contributed by atoms with Crippen molar-refractivity contribution in [3.05, 3.63) is 36.4 Å². The van der Waals surface area contributed by atoms with Crippen LogP contribution < -0.4 is 11.1 Å². The Hall–Kier alpha value is -1.30. The van der Waals surface area contributed by atoms with Crippen LogP contribution in [0.2, 0.25) is 0 Å². The molecule has 0 spiro atoms. The summed E-state index contributed by atoms with van der Waals surface area (Å²) in [4.78, 5) is 0. The normalized spacial score (nSPS) is 11.3. The molecule has 0 radical (unpaired) electrons. The van der Waals surface area contributed by atoms with Crippen molar-refractivity contribution in [2.45, 2.75) is 6.18 Å². The van der Waals surface area contributed by atoms with Crippen molar-refractivity contribution in [2.24, 2.45) is 0 Å². The van der Waals surface area contributed by atoms with Gasteiger partial charge in [-0.15, -0.1) is 6.58 Å². The quantitative estimate of drug-likeness (QED) is 0.473. The molecule has 2 nitrogen and oxygen atoms in total. The minimum atomic E-state index is -4.40. The third-order valence-corrected chi connectivity index (χ3v) is 3.11. The minimum absolute atomic E-state index is 0.0657.